The third kappa shape index (κ3) is 4.63. The fraction of sp³-hybridized carbons (Fsp3) is 0.304. The number of rotatable bonds is 6. The van der Waals surface area contributed by atoms with Gasteiger partial charge in [-0.3, -0.25) is 9.89 Å². The number of nitrogens with one attached hydrogen (secondary N) is 2. The van der Waals surface area contributed by atoms with Gasteiger partial charge in [0.25, 0.3) is 5.91 Å². The number of anilines is 1. The first-order chi connectivity index (χ1) is 15.1. The van der Waals surface area contributed by atoms with E-state index < -0.39 is 0 Å². The Kier molecular flexibility index (Phi) is 6.06. The van der Waals surface area contributed by atoms with Crippen molar-refractivity contribution in [3.63, 3.8) is 0 Å². The van der Waals surface area contributed by atoms with Crippen LogP contribution in [0.4, 0.5) is 10.2 Å². The molecule has 162 valence electrons. The molecule has 8 heteroatoms. The van der Waals surface area contributed by atoms with Crippen LogP contribution in [0.25, 0.3) is 11.3 Å². The first kappa shape index (κ1) is 20.7. The highest BCUT2D eigenvalue weighted by Crippen LogP contribution is 2.28. The first-order valence-corrected chi connectivity index (χ1v) is 10.2. The molecule has 0 spiro atoms. The van der Waals surface area contributed by atoms with Gasteiger partial charge in [0, 0.05) is 30.8 Å². The number of ether oxygens (including phenoxy) is 2. The number of nitrogens with zero attached hydrogens (tertiary/aromatic N) is 2. The van der Waals surface area contributed by atoms with Crippen molar-refractivity contribution in [1.82, 2.24) is 15.5 Å². The Bertz CT molecular complexity index is 1050. The van der Waals surface area contributed by atoms with Crippen LogP contribution in [0.1, 0.15) is 23.2 Å². The van der Waals surface area contributed by atoms with Crippen molar-refractivity contribution in [2.75, 3.05) is 32.2 Å². The molecule has 1 fully saturated rings. The molecular formula is C23H25FN4O3. The molecular weight excluding hydrogens is 399 g/mol. The van der Waals surface area contributed by atoms with E-state index in [0.29, 0.717) is 23.6 Å². The lowest BCUT2D eigenvalue weighted by Gasteiger charge is -2.33. The lowest BCUT2D eigenvalue weighted by molar-refractivity contribution is 0.0932. The number of hydrogen-bond donors (Lipinski definition) is 2. The van der Waals surface area contributed by atoms with Gasteiger partial charge in [0.15, 0.2) is 17.3 Å². The van der Waals surface area contributed by atoms with Gasteiger partial charge in [0.1, 0.15) is 5.82 Å². The van der Waals surface area contributed by atoms with Crippen molar-refractivity contribution in [3.05, 3.63) is 59.9 Å². The smallest absolute Gasteiger partial charge is 0.251 e. The lowest BCUT2D eigenvalue weighted by atomic mass is 10.0. The fourth-order valence-corrected chi connectivity index (χ4v) is 3.80. The summed E-state index contributed by atoms with van der Waals surface area (Å²) in [6, 6.07) is 13.4. The van der Waals surface area contributed by atoms with E-state index in [1.54, 1.807) is 44.6 Å². The number of halogens is 1. The monoisotopic (exact) mass is 424 g/mol. The number of hydrogen-bond acceptors (Lipinski definition) is 5. The minimum Gasteiger partial charge on any atom is -0.493 e. The fourth-order valence-electron chi connectivity index (χ4n) is 3.80. The van der Waals surface area contributed by atoms with Gasteiger partial charge in [-0.2, -0.15) is 5.10 Å². The summed E-state index contributed by atoms with van der Waals surface area (Å²) in [5, 5.41) is 10.5. The molecule has 2 aromatic carbocycles. The normalized spacial score (nSPS) is 16.1. The van der Waals surface area contributed by atoms with Crippen LogP contribution in [0, 0.1) is 5.82 Å². The average Bonchev–Trinajstić information content (AvgIpc) is 3.29. The Morgan fingerprint density at radius 2 is 1.90 bits per heavy atom. The maximum Gasteiger partial charge on any atom is 0.251 e. The topological polar surface area (TPSA) is 79.5 Å². The Hall–Kier alpha value is -3.55. The number of methoxy groups -OCH3 is 2. The van der Waals surface area contributed by atoms with Gasteiger partial charge >= 0.3 is 0 Å². The van der Waals surface area contributed by atoms with E-state index >= 15 is 0 Å². The highest BCUT2D eigenvalue weighted by atomic mass is 19.1. The van der Waals surface area contributed by atoms with Gasteiger partial charge in [-0.15, -0.1) is 0 Å². The molecule has 1 aliphatic rings. The molecule has 0 unspecified atom stereocenters. The maximum absolute atomic E-state index is 13.2. The largest absolute Gasteiger partial charge is 0.493 e. The molecule has 0 saturated carbocycles. The van der Waals surface area contributed by atoms with Crippen molar-refractivity contribution < 1.29 is 18.7 Å². The van der Waals surface area contributed by atoms with Crippen LogP contribution in [-0.2, 0) is 0 Å². The van der Waals surface area contributed by atoms with Gasteiger partial charge in [-0.1, -0.05) is 0 Å². The summed E-state index contributed by atoms with van der Waals surface area (Å²) in [7, 11) is 3.10. The Morgan fingerprint density at radius 3 is 2.65 bits per heavy atom. The molecule has 1 atom stereocenters. The van der Waals surface area contributed by atoms with Crippen LogP contribution < -0.4 is 19.7 Å². The van der Waals surface area contributed by atoms with Crippen LogP contribution in [0.3, 0.4) is 0 Å². The molecule has 0 radical (unpaired) electrons. The third-order valence-corrected chi connectivity index (χ3v) is 5.45. The molecule has 2 heterocycles. The van der Waals surface area contributed by atoms with Crippen LogP contribution in [-0.4, -0.2) is 49.5 Å². The Labute approximate surface area is 180 Å². The van der Waals surface area contributed by atoms with Crippen LogP contribution >= 0.6 is 0 Å². The van der Waals surface area contributed by atoms with E-state index in [2.05, 4.69) is 20.4 Å². The molecule has 0 bridgehead atoms. The van der Waals surface area contributed by atoms with Crippen molar-refractivity contribution in [2.24, 2.45) is 0 Å². The first-order valence-electron chi connectivity index (χ1n) is 10.2. The summed E-state index contributed by atoms with van der Waals surface area (Å²) in [6.45, 7) is 1.52. The number of carbonyl (C=O) groups excluding carboxylic acids is 1. The van der Waals surface area contributed by atoms with Gasteiger partial charge in [-0.05, 0) is 60.9 Å². The molecule has 1 saturated heterocycles. The maximum atomic E-state index is 13.2. The summed E-state index contributed by atoms with van der Waals surface area (Å²) in [5.74, 6) is 1.49. The zero-order chi connectivity index (χ0) is 21.8. The van der Waals surface area contributed by atoms with Gasteiger partial charge in [0.2, 0.25) is 0 Å². The lowest BCUT2D eigenvalue weighted by Crippen LogP contribution is -2.48. The number of H-pyrrole nitrogens is 1. The highest BCUT2D eigenvalue weighted by Gasteiger charge is 2.24. The quantitative estimate of drug-likeness (QED) is 0.632. The Morgan fingerprint density at radius 1 is 1.13 bits per heavy atom. The van der Waals surface area contributed by atoms with Crippen molar-refractivity contribution >= 4 is 11.7 Å². The predicted molar refractivity (Wildman–Crippen MR) is 116 cm³/mol. The number of carbonyl (C=O) groups is 1. The van der Waals surface area contributed by atoms with E-state index in [1.807, 2.05) is 6.07 Å². The van der Waals surface area contributed by atoms with Crippen molar-refractivity contribution in [3.8, 4) is 22.8 Å². The van der Waals surface area contributed by atoms with E-state index in [4.69, 9.17) is 9.47 Å². The predicted octanol–water partition coefficient (Wildman–Crippen LogP) is 3.63. The summed E-state index contributed by atoms with van der Waals surface area (Å²) >= 11 is 0. The summed E-state index contributed by atoms with van der Waals surface area (Å²) < 4.78 is 23.7. The van der Waals surface area contributed by atoms with E-state index in [9.17, 15) is 9.18 Å². The molecule has 2 N–H and O–H groups in total. The van der Waals surface area contributed by atoms with Gasteiger partial charge in [0.05, 0.1) is 19.9 Å². The molecule has 7 nitrogen and oxygen atoms in total. The van der Waals surface area contributed by atoms with Crippen molar-refractivity contribution in [1.29, 1.82) is 0 Å². The number of aromatic nitrogens is 2. The number of benzene rings is 2. The summed E-state index contributed by atoms with van der Waals surface area (Å²) in [5.41, 5.74) is 2.22. The standard InChI is InChI=1S/C23H25FN4O3/c1-30-20-10-7-16(12-21(20)31-2)23(29)25-18-4-3-11-28(14-18)22-13-19(26-27-22)15-5-8-17(24)9-6-15/h5-10,12-13,18H,3-4,11,14H2,1-2H3,(H,25,29)(H,26,27)/t18-/m0/s1. The van der Waals surface area contributed by atoms with Crippen LogP contribution in [0.15, 0.2) is 48.5 Å². The molecule has 1 amide bonds. The molecule has 1 aliphatic heterocycles. The highest BCUT2D eigenvalue weighted by molar-refractivity contribution is 5.95. The van der Waals surface area contributed by atoms with Crippen molar-refractivity contribution in [2.45, 2.75) is 18.9 Å². The van der Waals surface area contributed by atoms with E-state index in [-0.39, 0.29) is 17.8 Å². The Balaban J connectivity index is 1.42. The summed E-state index contributed by atoms with van der Waals surface area (Å²) in [4.78, 5) is 14.9. The van der Waals surface area contributed by atoms with Gasteiger partial charge < -0.3 is 19.7 Å². The molecule has 31 heavy (non-hydrogen) atoms. The SMILES string of the molecule is COc1ccc(C(=O)N[C@H]2CCCN(c3cc(-c4ccc(F)cc4)[nH]n3)C2)cc1OC. The third-order valence-electron chi connectivity index (χ3n) is 5.45. The number of aromatic amines is 1. The molecule has 0 aliphatic carbocycles. The molecule has 4 rings (SSSR count). The van der Waals surface area contributed by atoms with E-state index in [1.165, 1.54) is 12.1 Å². The average molecular weight is 424 g/mol. The van der Waals surface area contributed by atoms with E-state index in [0.717, 1.165) is 36.5 Å². The minimum absolute atomic E-state index is 0.000294. The zero-order valence-electron chi connectivity index (χ0n) is 17.5. The second-order valence-corrected chi connectivity index (χ2v) is 7.48. The number of amides is 1. The zero-order valence-corrected chi connectivity index (χ0v) is 17.5. The number of piperidine rings is 1. The minimum atomic E-state index is -0.271. The van der Waals surface area contributed by atoms with Crippen LogP contribution in [0.5, 0.6) is 11.5 Å². The second kappa shape index (κ2) is 9.07. The second-order valence-electron chi connectivity index (χ2n) is 7.48. The van der Waals surface area contributed by atoms with Gasteiger partial charge in [-0.25, -0.2) is 4.39 Å². The summed E-state index contributed by atoms with van der Waals surface area (Å²) in [6.07, 6.45) is 1.83. The molecule has 1 aromatic heterocycles. The van der Waals surface area contributed by atoms with Crippen LogP contribution in [0.2, 0.25) is 0 Å². The molecule has 3 aromatic rings.